The summed E-state index contributed by atoms with van der Waals surface area (Å²) in [5.41, 5.74) is 10.7. The second-order valence-electron chi connectivity index (χ2n) is 15.1. The molecular formula is C53H40N4O. The molecular weight excluding hydrogens is 709 g/mol. The van der Waals surface area contributed by atoms with Crippen molar-refractivity contribution in [2.75, 3.05) is 4.90 Å². The fourth-order valence-corrected chi connectivity index (χ4v) is 8.65. The van der Waals surface area contributed by atoms with E-state index in [-0.39, 0.29) is 18.5 Å². The summed E-state index contributed by atoms with van der Waals surface area (Å²) < 4.78 is 6.97. The van der Waals surface area contributed by atoms with E-state index in [0.717, 1.165) is 66.5 Å². The summed E-state index contributed by atoms with van der Waals surface area (Å²) in [5, 5.41) is 18.5. The first-order chi connectivity index (χ1) is 28.7. The van der Waals surface area contributed by atoms with Crippen molar-refractivity contribution < 1.29 is 4.42 Å². The van der Waals surface area contributed by atoms with Crippen molar-refractivity contribution in [3.8, 4) is 11.1 Å². The van der Waals surface area contributed by atoms with Gasteiger partial charge < -0.3 is 9.32 Å². The topological polar surface area (TPSA) is 52.5 Å². The van der Waals surface area contributed by atoms with Crippen LogP contribution in [-0.4, -0.2) is 0 Å². The van der Waals surface area contributed by atoms with Crippen LogP contribution in [0.15, 0.2) is 211 Å². The first kappa shape index (κ1) is 34.2. The number of benzene rings is 9. The van der Waals surface area contributed by atoms with Gasteiger partial charge in [0.05, 0.1) is 18.5 Å². The maximum atomic E-state index is 6.97. The van der Waals surface area contributed by atoms with Gasteiger partial charge in [-0.1, -0.05) is 152 Å². The Hall–Kier alpha value is -7.02. The van der Waals surface area contributed by atoms with Crippen molar-refractivity contribution in [2.45, 2.75) is 18.5 Å². The number of fused-ring (bicyclic) bond motifs is 6. The van der Waals surface area contributed by atoms with Gasteiger partial charge in [0.25, 0.3) is 0 Å². The zero-order chi connectivity index (χ0) is 38.4. The second-order valence-corrected chi connectivity index (χ2v) is 15.1. The van der Waals surface area contributed by atoms with Gasteiger partial charge in [0.15, 0.2) is 0 Å². The molecule has 0 saturated carbocycles. The summed E-state index contributed by atoms with van der Waals surface area (Å²) in [7, 11) is 0. The molecule has 1 saturated heterocycles. The molecule has 5 heteroatoms. The van der Waals surface area contributed by atoms with Crippen LogP contribution in [-0.2, 0) is 0 Å². The summed E-state index contributed by atoms with van der Waals surface area (Å²) in [6.07, 6.45) is -0.341. The van der Waals surface area contributed by atoms with Gasteiger partial charge in [0.1, 0.15) is 11.2 Å². The van der Waals surface area contributed by atoms with E-state index in [9.17, 15) is 0 Å². The largest absolute Gasteiger partial charge is 0.455 e. The average Bonchev–Trinajstić information content (AvgIpc) is 3.69. The smallest absolute Gasteiger partial charge is 0.143 e. The molecule has 11 rings (SSSR count). The van der Waals surface area contributed by atoms with Gasteiger partial charge in [-0.3, -0.25) is 16.0 Å². The summed E-state index contributed by atoms with van der Waals surface area (Å²) in [4.78, 5) is 2.33. The van der Waals surface area contributed by atoms with Crippen molar-refractivity contribution in [3.05, 3.63) is 223 Å². The van der Waals surface area contributed by atoms with Crippen molar-refractivity contribution in [2.24, 2.45) is 0 Å². The lowest BCUT2D eigenvalue weighted by atomic mass is 9.96. The van der Waals surface area contributed by atoms with Crippen molar-refractivity contribution in [3.63, 3.8) is 0 Å². The molecule has 3 N–H and O–H groups in total. The molecule has 2 heterocycles. The van der Waals surface area contributed by atoms with Crippen LogP contribution in [0.2, 0.25) is 0 Å². The van der Waals surface area contributed by atoms with E-state index in [2.05, 4.69) is 227 Å². The minimum atomic E-state index is -0.175. The minimum absolute atomic E-state index is 0.0831. The average molecular weight is 749 g/mol. The highest BCUT2D eigenvalue weighted by atomic mass is 16.3. The zero-order valence-electron chi connectivity index (χ0n) is 31.7. The Kier molecular flexibility index (Phi) is 8.55. The van der Waals surface area contributed by atoms with E-state index in [1.54, 1.807) is 0 Å². The standard InChI is InChI=1S/C53H40N4O/c1-4-16-38(17-5-1)51-54-52(39-18-6-2-7-19-39)56-53(55-51)41-33-47(50-48(34-41)46-31-27-36-15-12-13-23-45(36)49(46)58-50)37-25-28-43(29-26-37)57(42-21-8-3-9-22-42)44-30-24-35-14-10-11-20-40(35)32-44/h1-34,51-56H. The number of hydrogen-bond donors (Lipinski definition) is 3. The zero-order valence-corrected chi connectivity index (χ0v) is 31.7. The van der Waals surface area contributed by atoms with E-state index >= 15 is 0 Å². The molecule has 1 aliphatic rings. The monoisotopic (exact) mass is 748 g/mol. The lowest BCUT2D eigenvalue weighted by molar-refractivity contribution is 0.203. The molecule has 5 nitrogen and oxygen atoms in total. The molecule has 0 aliphatic carbocycles. The number of rotatable bonds is 7. The van der Waals surface area contributed by atoms with Gasteiger partial charge in [0, 0.05) is 38.8 Å². The van der Waals surface area contributed by atoms with Crippen LogP contribution in [0.25, 0.3) is 54.6 Å². The van der Waals surface area contributed by atoms with Crippen LogP contribution in [0.1, 0.15) is 35.2 Å². The van der Waals surface area contributed by atoms with Gasteiger partial charge in [0.2, 0.25) is 0 Å². The highest BCUT2D eigenvalue weighted by Gasteiger charge is 2.31. The predicted molar refractivity (Wildman–Crippen MR) is 239 cm³/mol. The molecule has 10 aromatic rings. The predicted octanol–water partition coefficient (Wildman–Crippen LogP) is 13.2. The van der Waals surface area contributed by atoms with Crippen molar-refractivity contribution in [1.29, 1.82) is 0 Å². The van der Waals surface area contributed by atoms with E-state index in [0.29, 0.717) is 0 Å². The number of furan rings is 1. The Morgan fingerprint density at radius 3 is 1.57 bits per heavy atom. The third-order valence-electron chi connectivity index (χ3n) is 11.5. The Morgan fingerprint density at radius 1 is 0.345 bits per heavy atom. The SMILES string of the molecule is c1ccc(C2NC(c3ccccc3)NC(c3cc(-c4ccc(N(c5ccccc5)c5ccc6ccccc6c5)cc4)c4oc5c6ccccc6ccc5c4c3)N2)cc1. The molecule has 0 bridgehead atoms. The lowest BCUT2D eigenvalue weighted by Gasteiger charge is -2.39. The van der Waals surface area contributed by atoms with Crippen molar-refractivity contribution in [1.82, 2.24) is 16.0 Å². The van der Waals surface area contributed by atoms with Gasteiger partial charge >= 0.3 is 0 Å². The molecule has 0 radical (unpaired) electrons. The maximum Gasteiger partial charge on any atom is 0.143 e. The van der Waals surface area contributed by atoms with Crippen LogP contribution in [0, 0.1) is 0 Å². The first-order valence-electron chi connectivity index (χ1n) is 19.9. The van der Waals surface area contributed by atoms with Crippen LogP contribution in [0.3, 0.4) is 0 Å². The number of para-hydroxylation sites is 1. The Morgan fingerprint density at radius 2 is 0.879 bits per heavy atom. The van der Waals surface area contributed by atoms with Crippen LogP contribution < -0.4 is 20.9 Å². The third kappa shape index (κ3) is 6.19. The second kappa shape index (κ2) is 14.5. The van der Waals surface area contributed by atoms with E-state index in [1.165, 1.54) is 21.9 Å². The third-order valence-corrected chi connectivity index (χ3v) is 11.5. The van der Waals surface area contributed by atoms with Gasteiger partial charge in [-0.2, -0.15) is 0 Å². The molecule has 1 fully saturated rings. The molecule has 2 atom stereocenters. The fourth-order valence-electron chi connectivity index (χ4n) is 8.65. The van der Waals surface area contributed by atoms with E-state index in [4.69, 9.17) is 4.42 Å². The van der Waals surface area contributed by atoms with Crippen LogP contribution in [0.5, 0.6) is 0 Å². The van der Waals surface area contributed by atoms with Gasteiger partial charge in [-0.25, -0.2) is 0 Å². The number of nitrogens with zero attached hydrogens (tertiary/aromatic N) is 1. The van der Waals surface area contributed by atoms with Gasteiger partial charge in [-0.15, -0.1) is 0 Å². The number of nitrogens with one attached hydrogen (secondary N) is 3. The normalized spacial score (nSPS) is 16.9. The van der Waals surface area contributed by atoms with E-state index in [1.807, 2.05) is 0 Å². The Bertz CT molecular complexity index is 3010. The van der Waals surface area contributed by atoms with Crippen LogP contribution >= 0.6 is 0 Å². The summed E-state index contributed by atoms with van der Waals surface area (Å²) in [5.74, 6) is 0. The van der Waals surface area contributed by atoms with Crippen molar-refractivity contribution >= 4 is 60.5 Å². The minimum Gasteiger partial charge on any atom is -0.455 e. The first-order valence-corrected chi connectivity index (χ1v) is 19.9. The Labute approximate surface area is 337 Å². The molecule has 2 unspecified atom stereocenters. The summed E-state index contributed by atoms with van der Waals surface area (Å²) in [6, 6.07) is 73.5. The summed E-state index contributed by atoms with van der Waals surface area (Å²) >= 11 is 0. The van der Waals surface area contributed by atoms with Crippen LogP contribution in [0.4, 0.5) is 17.1 Å². The van der Waals surface area contributed by atoms with E-state index < -0.39 is 0 Å². The molecule has 0 spiro atoms. The molecule has 1 aromatic heterocycles. The highest BCUT2D eigenvalue weighted by molar-refractivity contribution is 6.17. The highest BCUT2D eigenvalue weighted by Crippen LogP contribution is 2.43. The summed E-state index contributed by atoms with van der Waals surface area (Å²) in [6.45, 7) is 0. The molecule has 9 aromatic carbocycles. The molecule has 0 amide bonds. The maximum absolute atomic E-state index is 6.97. The fraction of sp³-hybridized carbons (Fsp3) is 0.0566. The number of hydrogen-bond acceptors (Lipinski definition) is 5. The Balaban J connectivity index is 1.06. The quantitative estimate of drug-likeness (QED) is 0.152. The molecule has 278 valence electrons. The molecule has 1 aliphatic heterocycles. The lowest BCUT2D eigenvalue weighted by Crippen LogP contribution is -2.54. The van der Waals surface area contributed by atoms with Gasteiger partial charge in [-0.05, 0) is 93.0 Å². The molecule has 58 heavy (non-hydrogen) atoms. The number of anilines is 3.